The van der Waals surface area contributed by atoms with E-state index in [4.69, 9.17) is 4.74 Å². The van der Waals surface area contributed by atoms with Crippen LogP contribution >= 0.6 is 0 Å². The van der Waals surface area contributed by atoms with E-state index in [0.29, 0.717) is 24.4 Å². The number of halogens is 1. The topological polar surface area (TPSA) is 12.5 Å². The summed E-state index contributed by atoms with van der Waals surface area (Å²) >= 11 is 0. The van der Waals surface area contributed by atoms with Crippen molar-refractivity contribution < 1.29 is 9.13 Å². The molecule has 2 heterocycles. The Hall–Kier alpha value is -2.91. The predicted molar refractivity (Wildman–Crippen MR) is 123 cm³/mol. The zero-order valence-corrected chi connectivity index (χ0v) is 17.7. The van der Waals surface area contributed by atoms with Gasteiger partial charge in [0.15, 0.2) is 0 Å². The molecular weight excluding hydrogens is 385 g/mol. The molecule has 2 atom stereocenters. The van der Waals surface area contributed by atoms with Crippen LogP contribution in [0.4, 0.5) is 4.39 Å². The maximum absolute atomic E-state index is 15.0. The summed E-state index contributed by atoms with van der Waals surface area (Å²) in [5, 5.41) is 0. The van der Waals surface area contributed by atoms with E-state index < -0.39 is 0 Å². The van der Waals surface area contributed by atoms with Gasteiger partial charge in [-0.3, -0.25) is 4.90 Å². The largest absolute Gasteiger partial charge is 0.489 e. The number of rotatable bonds is 6. The summed E-state index contributed by atoms with van der Waals surface area (Å²) in [7, 11) is 0. The van der Waals surface area contributed by atoms with Crippen molar-refractivity contribution in [3.05, 3.63) is 107 Å². The Bertz CT molecular complexity index is 1050. The summed E-state index contributed by atoms with van der Waals surface area (Å²) in [4.78, 5) is 2.61. The fraction of sp³-hybridized carbons (Fsp3) is 0.286. The van der Waals surface area contributed by atoms with E-state index in [9.17, 15) is 0 Å². The normalized spacial score (nSPS) is 20.9. The van der Waals surface area contributed by atoms with Crippen molar-refractivity contribution in [1.29, 1.82) is 0 Å². The van der Waals surface area contributed by atoms with Gasteiger partial charge in [0.1, 0.15) is 18.2 Å². The van der Waals surface area contributed by atoms with E-state index in [-0.39, 0.29) is 5.82 Å². The Morgan fingerprint density at radius 1 is 0.871 bits per heavy atom. The van der Waals surface area contributed by atoms with E-state index in [1.165, 1.54) is 24.5 Å². The molecule has 3 heteroatoms. The first-order valence-corrected chi connectivity index (χ1v) is 11.2. The number of piperidine rings is 1. The number of hydrogen-bond acceptors (Lipinski definition) is 2. The smallest absolute Gasteiger partial charge is 0.134 e. The van der Waals surface area contributed by atoms with Crippen LogP contribution in [0.2, 0.25) is 0 Å². The standard InChI is InChI=1S/C28H28FNO/c29-28-18-26(31-20-22-10-5-2-6-11-22)14-15-27(28)23-16-24-12-7-13-25(17-23)30(24)19-21-8-3-1-4-9-21/h1-6,8-11,14-16,18,24-25H,7,12-13,17,19-20H2. The van der Waals surface area contributed by atoms with Crippen LogP contribution < -0.4 is 4.74 Å². The van der Waals surface area contributed by atoms with Gasteiger partial charge in [-0.2, -0.15) is 0 Å². The van der Waals surface area contributed by atoms with Crippen LogP contribution in [0.15, 0.2) is 84.9 Å². The molecule has 2 aliphatic rings. The molecule has 0 spiro atoms. The van der Waals surface area contributed by atoms with Crippen molar-refractivity contribution in [3.63, 3.8) is 0 Å². The second-order valence-corrected chi connectivity index (χ2v) is 8.62. The summed E-state index contributed by atoms with van der Waals surface area (Å²) in [5.74, 6) is 0.388. The molecule has 2 unspecified atom stereocenters. The molecular formula is C28H28FNO. The summed E-state index contributed by atoms with van der Waals surface area (Å²) in [5.41, 5.74) is 4.30. The van der Waals surface area contributed by atoms with Gasteiger partial charge < -0.3 is 4.74 Å². The number of benzene rings is 3. The third kappa shape index (κ3) is 4.57. The van der Waals surface area contributed by atoms with Crippen molar-refractivity contribution in [1.82, 2.24) is 4.90 Å². The van der Waals surface area contributed by atoms with Gasteiger partial charge in [0.2, 0.25) is 0 Å². The third-order valence-corrected chi connectivity index (χ3v) is 6.52. The molecule has 2 nitrogen and oxygen atoms in total. The van der Waals surface area contributed by atoms with E-state index in [2.05, 4.69) is 41.3 Å². The lowest BCUT2D eigenvalue weighted by Crippen LogP contribution is -2.47. The van der Waals surface area contributed by atoms with Gasteiger partial charge in [-0.05, 0) is 48.1 Å². The molecule has 0 aromatic heterocycles. The average molecular weight is 414 g/mol. The van der Waals surface area contributed by atoms with Gasteiger partial charge in [-0.1, -0.05) is 73.2 Å². The van der Waals surface area contributed by atoms with Crippen LogP contribution in [-0.4, -0.2) is 17.0 Å². The first-order chi connectivity index (χ1) is 15.3. The third-order valence-electron chi connectivity index (χ3n) is 6.52. The molecule has 3 aromatic rings. The summed E-state index contributed by atoms with van der Waals surface area (Å²) in [6.07, 6.45) is 6.79. The molecule has 1 fully saturated rings. The van der Waals surface area contributed by atoms with Crippen LogP contribution in [0.5, 0.6) is 5.75 Å². The molecule has 0 saturated carbocycles. The van der Waals surface area contributed by atoms with Crippen LogP contribution in [-0.2, 0) is 13.2 Å². The molecule has 3 aromatic carbocycles. The van der Waals surface area contributed by atoms with Crippen LogP contribution in [0.1, 0.15) is 42.4 Å². The highest BCUT2D eigenvalue weighted by Gasteiger charge is 2.34. The summed E-state index contributed by atoms with van der Waals surface area (Å²) in [6.45, 7) is 1.41. The van der Waals surface area contributed by atoms with Gasteiger partial charge in [-0.15, -0.1) is 0 Å². The lowest BCUT2D eigenvalue weighted by atomic mass is 9.82. The molecule has 2 bridgehead atoms. The molecule has 0 aliphatic carbocycles. The van der Waals surface area contributed by atoms with Crippen molar-refractivity contribution in [2.45, 2.75) is 50.9 Å². The number of nitrogens with zero attached hydrogens (tertiary/aromatic N) is 1. The summed E-state index contributed by atoms with van der Waals surface area (Å²) < 4.78 is 20.9. The molecule has 2 aliphatic heterocycles. The maximum atomic E-state index is 15.0. The van der Waals surface area contributed by atoms with Crippen molar-refractivity contribution in [3.8, 4) is 5.75 Å². The van der Waals surface area contributed by atoms with E-state index in [1.54, 1.807) is 0 Å². The Labute approximate surface area is 184 Å². The Balaban J connectivity index is 1.32. The van der Waals surface area contributed by atoms with Crippen LogP contribution in [0.3, 0.4) is 0 Å². The second kappa shape index (κ2) is 9.07. The average Bonchev–Trinajstić information content (AvgIpc) is 2.79. The zero-order chi connectivity index (χ0) is 21.0. The fourth-order valence-corrected chi connectivity index (χ4v) is 4.94. The minimum absolute atomic E-state index is 0.189. The molecule has 0 amide bonds. The molecule has 5 rings (SSSR count). The highest BCUT2D eigenvalue weighted by molar-refractivity contribution is 5.69. The molecule has 31 heavy (non-hydrogen) atoms. The second-order valence-electron chi connectivity index (χ2n) is 8.62. The van der Waals surface area contributed by atoms with Crippen molar-refractivity contribution >= 4 is 5.57 Å². The lowest BCUT2D eigenvalue weighted by Gasteiger charge is -2.45. The monoisotopic (exact) mass is 413 g/mol. The van der Waals surface area contributed by atoms with Crippen molar-refractivity contribution in [2.24, 2.45) is 0 Å². The first kappa shape index (κ1) is 20.0. The molecule has 0 N–H and O–H groups in total. The first-order valence-electron chi connectivity index (χ1n) is 11.2. The van der Waals surface area contributed by atoms with Gasteiger partial charge >= 0.3 is 0 Å². The Morgan fingerprint density at radius 3 is 2.32 bits per heavy atom. The molecule has 0 radical (unpaired) electrons. The van der Waals surface area contributed by atoms with Crippen LogP contribution in [0.25, 0.3) is 5.57 Å². The predicted octanol–water partition coefficient (Wildman–Crippen LogP) is 6.62. The number of fused-ring (bicyclic) bond motifs is 2. The van der Waals surface area contributed by atoms with E-state index in [1.807, 2.05) is 42.5 Å². The zero-order valence-electron chi connectivity index (χ0n) is 17.7. The quantitative estimate of drug-likeness (QED) is 0.450. The Kier molecular flexibility index (Phi) is 5.86. The maximum Gasteiger partial charge on any atom is 0.134 e. The van der Waals surface area contributed by atoms with Gasteiger partial charge in [-0.25, -0.2) is 4.39 Å². The van der Waals surface area contributed by atoms with E-state index in [0.717, 1.165) is 36.1 Å². The molecule has 1 saturated heterocycles. The lowest BCUT2D eigenvalue weighted by molar-refractivity contribution is 0.0950. The van der Waals surface area contributed by atoms with Gasteiger partial charge in [0, 0.05) is 30.3 Å². The number of ether oxygens (including phenoxy) is 1. The minimum Gasteiger partial charge on any atom is -0.489 e. The summed E-state index contributed by atoms with van der Waals surface area (Å²) in [6, 6.07) is 26.8. The Morgan fingerprint density at radius 2 is 1.61 bits per heavy atom. The SMILES string of the molecule is Fc1cc(OCc2ccccc2)ccc1C1=CC2CCCC(C1)N2Cc1ccccc1. The minimum atomic E-state index is -0.189. The molecule has 158 valence electrons. The van der Waals surface area contributed by atoms with E-state index >= 15 is 4.39 Å². The highest BCUT2D eigenvalue weighted by Crippen LogP contribution is 2.39. The van der Waals surface area contributed by atoms with Crippen molar-refractivity contribution in [2.75, 3.05) is 0 Å². The van der Waals surface area contributed by atoms with Gasteiger partial charge in [0.05, 0.1) is 0 Å². The van der Waals surface area contributed by atoms with Gasteiger partial charge in [0.25, 0.3) is 0 Å². The fourth-order valence-electron chi connectivity index (χ4n) is 4.94. The highest BCUT2D eigenvalue weighted by atomic mass is 19.1. The van der Waals surface area contributed by atoms with Crippen LogP contribution in [0, 0.1) is 5.82 Å². The number of hydrogen-bond donors (Lipinski definition) is 0.